The summed E-state index contributed by atoms with van der Waals surface area (Å²) in [4.78, 5) is 5.69. The highest BCUT2D eigenvalue weighted by atomic mass is 15.1. The van der Waals surface area contributed by atoms with Crippen LogP contribution >= 0.6 is 0 Å². The first-order chi connectivity index (χ1) is 9.78. The SMILES string of the molecule is CN1CCC(CNc2[nH]c3ccccc3c2C#N)CC1. The summed E-state index contributed by atoms with van der Waals surface area (Å²) < 4.78 is 0. The fourth-order valence-electron chi connectivity index (χ4n) is 2.90. The minimum absolute atomic E-state index is 0.698. The molecule has 1 aromatic heterocycles. The zero-order valence-electron chi connectivity index (χ0n) is 11.8. The number of rotatable bonds is 3. The molecular weight excluding hydrogens is 248 g/mol. The standard InChI is InChI=1S/C16H20N4/c1-20-8-6-12(7-9-20)11-18-16-14(10-17)13-4-2-3-5-15(13)19-16/h2-5,12,18-19H,6-9,11H2,1H3. The van der Waals surface area contributed by atoms with Gasteiger partial charge in [0.05, 0.1) is 0 Å². The second-order valence-corrected chi connectivity index (χ2v) is 5.66. The van der Waals surface area contributed by atoms with Crippen molar-refractivity contribution in [3.05, 3.63) is 29.8 Å². The van der Waals surface area contributed by atoms with Crippen LogP contribution in [0.15, 0.2) is 24.3 Å². The predicted molar refractivity (Wildman–Crippen MR) is 81.7 cm³/mol. The van der Waals surface area contributed by atoms with Crippen LogP contribution < -0.4 is 5.32 Å². The normalized spacial score (nSPS) is 17.2. The molecule has 20 heavy (non-hydrogen) atoms. The van der Waals surface area contributed by atoms with E-state index in [1.165, 1.54) is 25.9 Å². The number of para-hydroxylation sites is 1. The van der Waals surface area contributed by atoms with Crippen LogP contribution in [0.1, 0.15) is 18.4 Å². The zero-order valence-corrected chi connectivity index (χ0v) is 11.8. The molecule has 0 atom stereocenters. The molecular formula is C16H20N4. The van der Waals surface area contributed by atoms with Gasteiger partial charge in [-0.05, 0) is 45.0 Å². The Balaban J connectivity index is 1.73. The van der Waals surface area contributed by atoms with Gasteiger partial charge in [-0.15, -0.1) is 0 Å². The molecule has 104 valence electrons. The van der Waals surface area contributed by atoms with Gasteiger partial charge in [-0.2, -0.15) is 5.26 Å². The number of benzene rings is 1. The quantitative estimate of drug-likeness (QED) is 0.900. The van der Waals surface area contributed by atoms with Crippen LogP contribution in [0.4, 0.5) is 5.82 Å². The first-order valence-corrected chi connectivity index (χ1v) is 7.21. The van der Waals surface area contributed by atoms with Crippen molar-refractivity contribution in [2.24, 2.45) is 5.92 Å². The third-order valence-electron chi connectivity index (χ3n) is 4.22. The van der Waals surface area contributed by atoms with E-state index in [1.54, 1.807) is 0 Å². The number of anilines is 1. The first-order valence-electron chi connectivity index (χ1n) is 7.21. The molecule has 4 heteroatoms. The maximum absolute atomic E-state index is 9.36. The Morgan fingerprint density at radius 2 is 2.10 bits per heavy atom. The number of H-pyrrole nitrogens is 1. The zero-order chi connectivity index (χ0) is 13.9. The minimum atomic E-state index is 0.698. The molecule has 1 aliphatic heterocycles. The summed E-state index contributed by atoms with van der Waals surface area (Å²) in [6.07, 6.45) is 2.46. The molecule has 0 unspecified atom stereocenters. The van der Waals surface area contributed by atoms with E-state index < -0.39 is 0 Å². The fraction of sp³-hybridized carbons (Fsp3) is 0.438. The summed E-state index contributed by atoms with van der Waals surface area (Å²) in [5.74, 6) is 1.57. The molecule has 0 spiro atoms. The number of hydrogen-bond acceptors (Lipinski definition) is 3. The van der Waals surface area contributed by atoms with Crippen LogP contribution in [-0.2, 0) is 0 Å². The van der Waals surface area contributed by atoms with Crippen molar-refractivity contribution >= 4 is 16.7 Å². The highest BCUT2D eigenvalue weighted by molar-refractivity contribution is 5.91. The summed E-state index contributed by atoms with van der Waals surface area (Å²) in [5.41, 5.74) is 1.75. The number of nitriles is 1. The summed E-state index contributed by atoms with van der Waals surface area (Å²) in [7, 11) is 2.18. The Kier molecular flexibility index (Phi) is 3.62. The van der Waals surface area contributed by atoms with Gasteiger partial charge in [0, 0.05) is 17.4 Å². The second kappa shape index (κ2) is 5.56. The van der Waals surface area contributed by atoms with Crippen molar-refractivity contribution in [3.63, 3.8) is 0 Å². The number of aromatic amines is 1. The Bertz CT molecular complexity index is 629. The van der Waals surface area contributed by atoms with Crippen molar-refractivity contribution in [2.75, 3.05) is 32.0 Å². The van der Waals surface area contributed by atoms with Gasteiger partial charge in [-0.3, -0.25) is 0 Å². The number of nitrogens with one attached hydrogen (secondary N) is 2. The lowest BCUT2D eigenvalue weighted by Crippen LogP contribution is -2.33. The lowest BCUT2D eigenvalue weighted by atomic mass is 9.97. The molecule has 0 radical (unpaired) electrons. The molecule has 0 saturated carbocycles. The molecule has 4 nitrogen and oxygen atoms in total. The number of nitrogens with zero attached hydrogens (tertiary/aromatic N) is 2. The molecule has 1 saturated heterocycles. The first kappa shape index (κ1) is 13.0. The smallest absolute Gasteiger partial charge is 0.122 e. The third kappa shape index (κ3) is 2.50. The summed E-state index contributed by atoms with van der Waals surface area (Å²) >= 11 is 0. The highest BCUT2D eigenvalue weighted by Gasteiger charge is 2.17. The molecule has 0 amide bonds. The van der Waals surface area contributed by atoms with E-state index in [-0.39, 0.29) is 0 Å². The summed E-state index contributed by atoms with van der Waals surface area (Å²) in [5, 5.41) is 13.8. The Hall–Kier alpha value is -1.99. The number of hydrogen-bond donors (Lipinski definition) is 2. The van der Waals surface area contributed by atoms with Crippen molar-refractivity contribution in [1.29, 1.82) is 5.26 Å². The number of aromatic nitrogens is 1. The van der Waals surface area contributed by atoms with Crippen molar-refractivity contribution < 1.29 is 0 Å². The van der Waals surface area contributed by atoms with Gasteiger partial charge in [0.2, 0.25) is 0 Å². The number of piperidine rings is 1. The van der Waals surface area contributed by atoms with Crippen molar-refractivity contribution in [3.8, 4) is 6.07 Å². The van der Waals surface area contributed by atoms with Gasteiger partial charge in [-0.25, -0.2) is 0 Å². The molecule has 2 aromatic rings. The van der Waals surface area contributed by atoms with Gasteiger partial charge < -0.3 is 15.2 Å². The Morgan fingerprint density at radius 1 is 1.35 bits per heavy atom. The monoisotopic (exact) mass is 268 g/mol. The van der Waals surface area contributed by atoms with Crippen LogP contribution in [0.5, 0.6) is 0 Å². The third-order valence-corrected chi connectivity index (χ3v) is 4.22. The number of fused-ring (bicyclic) bond motifs is 1. The Morgan fingerprint density at radius 3 is 2.85 bits per heavy atom. The highest BCUT2D eigenvalue weighted by Crippen LogP contribution is 2.26. The topological polar surface area (TPSA) is 54.8 Å². The van der Waals surface area contributed by atoms with Crippen molar-refractivity contribution in [2.45, 2.75) is 12.8 Å². The molecule has 0 bridgehead atoms. The molecule has 1 aliphatic rings. The van der Waals surface area contributed by atoms with E-state index >= 15 is 0 Å². The van der Waals surface area contributed by atoms with Gasteiger partial charge in [-0.1, -0.05) is 18.2 Å². The van der Waals surface area contributed by atoms with Gasteiger partial charge in [0.15, 0.2) is 0 Å². The average molecular weight is 268 g/mol. The van der Waals surface area contributed by atoms with Crippen molar-refractivity contribution in [1.82, 2.24) is 9.88 Å². The molecule has 3 rings (SSSR count). The van der Waals surface area contributed by atoms with Gasteiger partial charge >= 0.3 is 0 Å². The maximum atomic E-state index is 9.36. The van der Waals surface area contributed by atoms with E-state index in [9.17, 15) is 5.26 Å². The van der Waals surface area contributed by atoms with Gasteiger partial charge in [0.25, 0.3) is 0 Å². The Labute approximate surface area is 119 Å². The summed E-state index contributed by atoms with van der Waals surface area (Å²) in [6, 6.07) is 10.3. The molecule has 2 heterocycles. The van der Waals surface area contributed by atoms with E-state index in [4.69, 9.17) is 0 Å². The largest absolute Gasteiger partial charge is 0.370 e. The van der Waals surface area contributed by atoms with Crippen LogP contribution in [0.25, 0.3) is 10.9 Å². The van der Waals surface area contributed by atoms with Crippen LogP contribution in [0, 0.1) is 17.2 Å². The lowest BCUT2D eigenvalue weighted by Gasteiger charge is -2.29. The average Bonchev–Trinajstić information content (AvgIpc) is 2.84. The molecule has 2 N–H and O–H groups in total. The molecule has 1 fully saturated rings. The molecule has 1 aromatic carbocycles. The molecule has 0 aliphatic carbocycles. The lowest BCUT2D eigenvalue weighted by molar-refractivity contribution is 0.226. The maximum Gasteiger partial charge on any atom is 0.122 e. The second-order valence-electron chi connectivity index (χ2n) is 5.66. The van der Waals surface area contributed by atoms with Crippen LogP contribution in [0.2, 0.25) is 0 Å². The van der Waals surface area contributed by atoms with E-state index in [1.807, 2.05) is 24.3 Å². The van der Waals surface area contributed by atoms with E-state index in [2.05, 4.69) is 28.3 Å². The van der Waals surface area contributed by atoms with Crippen LogP contribution in [-0.4, -0.2) is 36.6 Å². The fourth-order valence-corrected chi connectivity index (χ4v) is 2.90. The van der Waals surface area contributed by atoms with Crippen LogP contribution in [0.3, 0.4) is 0 Å². The van der Waals surface area contributed by atoms with E-state index in [0.717, 1.165) is 28.8 Å². The minimum Gasteiger partial charge on any atom is -0.370 e. The van der Waals surface area contributed by atoms with Gasteiger partial charge in [0.1, 0.15) is 17.5 Å². The number of likely N-dealkylation sites (tertiary alicyclic amines) is 1. The van der Waals surface area contributed by atoms with E-state index in [0.29, 0.717) is 5.92 Å². The predicted octanol–water partition coefficient (Wildman–Crippen LogP) is 2.79. The summed E-state index contributed by atoms with van der Waals surface area (Å²) in [6.45, 7) is 3.28.